The van der Waals surface area contributed by atoms with Crippen LogP contribution in [0, 0.1) is 23.7 Å². The Bertz CT molecular complexity index is 242. The Morgan fingerprint density at radius 3 is 1.94 bits per heavy atom. The molecule has 0 aromatic carbocycles. The summed E-state index contributed by atoms with van der Waals surface area (Å²) in [4.78, 5) is 0. The molecule has 2 aliphatic carbocycles. The van der Waals surface area contributed by atoms with E-state index in [4.69, 9.17) is 4.74 Å². The van der Waals surface area contributed by atoms with Crippen LogP contribution in [-0.4, -0.2) is 13.7 Å². The minimum Gasteiger partial charge on any atom is -0.384 e. The summed E-state index contributed by atoms with van der Waals surface area (Å²) in [5.74, 6) is 3.81. The van der Waals surface area contributed by atoms with Gasteiger partial charge in [0, 0.05) is 13.7 Å². The van der Waals surface area contributed by atoms with Crippen LogP contribution < -0.4 is 0 Å². The molecule has 1 nitrogen and oxygen atoms in total. The normalized spacial score (nSPS) is 38.1. The highest BCUT2D eigenvalue weighted by Crippen LogP contribution is 2.41. The van der Waals surface area contributed by atoms with Gasteiger partial charge >= 0.3 is 0 Å². The van der Waals surface area contributed by atoms with Gasteiger partial charge in [0.25, 0.3) is 0 Å². The van der Waals surface area contributed by atoms with Gasteiger partial charge in [-0.25, -0.2) is 0 Å². The van der Waals surface area contributed by atoms with Crippen molar-refractivity contribution >= 4 is 0 Å². The molecule has 18 heavy (non-hydrogen) atoms. The molecule has 0 bridgehead atoms. The van der Waals surface area contributed by atoms with Crippen LogP contribution in [0.3, 0.4) is 0 Å². The molecule has 2 rings (SSSR count). The molecule has 0 saturated heterocycles. The Hall–Kier alpha value is -0.300. The van der Waals surface area contributed by atoms with Crippen molar-refractivity contribution in [3.63, 3.8) is 0 Å². The lowest BCUT2D eigenvalue weighted by molar-refractivity contribution is 0.0957. The van der Waals surface area contributed by atoms with E-state index in [2.05, 4.69) is 19.1 Å². The fourth-order valence-electron chi connectivity index (χ4n) is 4.14. The highest BCUT2D eigenvalue weighted by molar-refractivity contribution is 4.90. The van der Waals surface area contributed by atoms with Gasteiger partial charge in [-0.3, -0.25) is 0 Å². The number of allylic oxidation sites excluding steroid dienone is 2. The third kappa shape index (κ3) is 3.85. The zero-order chi connectivity index (χ0) is 12.8. The molecule has 2 aliphatic rings. The van der Waals surface area contributed by atoms with Gasteiger partial charge in [0.2, 0.25) is 0 Å². The molecule has 0 aromatic rings. The van der Waals surface area contributed by atoms with E-state index >= 15 is 0 Å². The summed E-state index contributed by atoms with van der Waals surface area (Å²) in [5.41, 5.74) is 0. The van der Waals surface area contributed by atoms with Crippen LogP contribution in [0.4, 0.5) is 0 Å². The van der Waals surface area contributed by atoms with E-state index in [0.717, 1.165) is 30.3 Å². The van der Waals surface area contributed by atoms with Crippen molar-refractivity contribution in [2.24, 2.45) is 23.7 Å². The number of rotatable bonds is 4. The fourth-order valence-corrected chi connectivity index (χ4v) is 4.14. The van der Waals surface area contributed by atoms with Crippen molar-refractivity contribution in [2.45, 2.75) is 58.3 Å². The molecule has 0 spiro atoms. The Labute approximate surface area is 113 Å². The van der Waals surface area contributed by atoms with Gasteiger partial charge in [-0.1, -0.05) is 12.2 Å². The smallest absolute Gasteiger partial charge is 0.0490 e. The third-order valence-corrected chi connectivity index (χ3v) is 5.24. The van der Waals surface area contributed by atoms with E-state index in [-0.39, 0.29) is 0 Å². The van der Waals surface area contributed by atoms with Gasteiger partial charge in [-0.15, -0.1) is 0 Å². The Morgan fingerprint density at radius 1 is 0.889 bits per heavy atom. The highest BCUT2D eigenvalue weighted by atomic mass is 16.5. The number of hydrogen-bond acceptors (Lipinski definition) is 1. The molecular formula is C17H30O. The highest BCUT2D eigenvalue weighted by Gasteiger charge is 2.30. The first-order chi connectivity index (χ1) is 8.83. The lowest BCUT2D eigenvalue weighted by atomic mass is 9.69. The van der Waals surface area contributed by atoms with E-state index in [1.807, 2.05) is 7.11 Å². The molecule has 0 aromatic heterocycles. The van der Waals surface area contributed by atoms with Crippen molar-refractivity contribution in [1.82, 2.24) is 0 Å². The first kappa shape index (κ1) is 14.1. The van der Waals surface area contributed by atoms with Gasteiger partial charge in [0.1, 0.15) is 0 Å². The van der Waals surface area contributed by atoms with Gasteiger partial charge in [0.05, 0.1) is 0 Å². The molecule has 0 amide bonds. The predicted molar refractivity (Wildman–Crippen MR) is 77.6 cm³/mol. The van der Waals surface area contributed by atoms with Crippen LogP contribution in [0.5, 0.6) is 0 Å². The second-order valence-electron chi connectivity index (χ2n) is 6.44. The van der Waals surface area contributed by atoms with Crippen molar-refractivity contribution in [3.05, 3.63) is 12.2 Å². The minimum atomic E-state index is 0.852. The summed E-state index contributed by atoms with van der Waals surface area (Å²) >= 11 is 0. The van der Waals surface area contributed by atoms with Gasteiger partial charge in [-0.2, -0.15) is 0 Å². The topological polar surface area (TPSA) is 9.23 Å². The van der Waals surface area contributed by atoms with E-state index in [9.17, 15) is 0 Å². The number of methoxy groups -OCH3 is 1. The van der Waals surface area contributed by atoms with Crippen LogP contribution in [-0.2, 0) is 4.74 Å². The van der Waals surface area contributed by atoms with Crippen molar-refractivity contribution in [3.8, 4) is 0 Å². The molecule has 1 heteroatoms. The maximum Gasteiger partial charge on any atom is 0.0490 e. The van der Waals surface area contributed by atoms with E-state index in [0.29, 0.717) is 0 Å². The van der Waals surface area contributed by atoms with Crippen molar-refractivity contribution in [1.29, 1.82) is 0 Å². The Balaban J connectivity index is 1.71. The zero-order valence-corrected chi connectivity index (χ0v) is 12.2. The van der Waals surface area contributed by atoms with Crippen LogP contribution >= 0.6 is 0 Å². The molecule has 0 heterocycles. The molecule has 0 N–H and O–H groups in total. The maximum atomic E-state index is 5.30. The summed E-state index contributed by atoms with van der Waals surface area (Å²) in [5, 5.41) is 0. The molecule has 2 fully saturated rings. The monoisotopic (exact) mass is 250 g/mol. The molecule has 0 radical (unpaired) electrons. The van der Waals surface area contributed by atoms with Crippen LogP contribution in [0.15, 0.2) is 12.2 Å². The molecular weight excluding hydrogens is 220 g/mol. The van der Waals surface area contributed by atoms with Crippen LogP contribution in [0.25, 0.3) is 0 Å². The minimum absolute atomic E-state index is 0.852. The van der Waals surface area contributed by atoms with E-state index in [1.165, 1.54) is 51.4 Å². The quantitative estimate of drug-likeness (QED) is 0.650. The third-order valence-electron chi connectivity index (χ3n) is 5.24. The van der Waals surface area contributed by atoms with Crippen LogP contribution in [0.1, 0.15) is 58.3 Å². The lowest BCUT2D eigenvalue weighted by Gasteiger charge is -2.37. The van der Waals surface area contributed by atoms with Crippen molar-refractivity contribution in [2.75, 3.05) is 13.7 Å². The molecule has 104 valence electrons. The molecule has 2 saturated carbocycles. The van der Waals surface area contributed by atoms with Gasteiger partial charge in [-0.05, 0) is 82.0 Å². The molecule has 0 unspecified atom stereocenters. The molecule has 0 atom stereocenters. The summed E-state index contributed by atoms with van der Waals surface area (Å²) in [7, 11) is 1.84. The summed E-state index contributed by atoms with van der Waals surface area (Å²) in [6.07, 6.45) is 16.2. The lowest BCUT2D eigenvalue weighted by Crippen LogP contribution is -2.26. The maximum absolute atomic E-state index is 5.30. The second-order valence-corrected chi connectivity index (χ2v) is 6.44. The average Bonchev–Trinajstić information content (AvgIpc) is 2.41. The summed E-state index contributed by atoms with van der Waals surface area (Å²) < 4.78 is 5.30. The number of hydrogen-bond donors (Lipinski definition) is 0. The van der Waals surface area contributed by atoms with Gasteiger partial charge < -0.3 is 4.74 Å². The predicted octanol–water partition coefficient (Wildman–Crippen LogP) is 4.82. The molecule has 0 aliphatic heterocycles. The number of ether oxygens (including phenoxy) is 1. The Kier molecular flexibility index (Phi) is 5.75. The first-order valence-electron chi connectivity index (χ1n) is 7.95. The SMILES string of the molecule is C/C=C/[C@H]1CC[C@H](C2CCC(COC)CC2)CC1. The van der Waals surface area contributed by atoms with Crippen molar-refractivity contribution < 1.29 is 4.74 Å². The van der Waals surface area contributed by atoms with E-state index in [1.54, 1.807) is 0 Å². The summed E-state index contributed by atoms with van der Waals surface area (Å²) in [6.45, 7) is 3.14. The Morgan fingerprint density at radius 2 is 1.44 bits per heavy atom. The van der Waals surface area contributed by atoms with Gasteiger partial charge in [0.15, 0.2) is 0 Å². The van der Waals surface area contributed by atoms with Crippen LogP contribution in [0.2, 0.25) is 0 Å². The average molecular weight is 250 g/mol. The standard InChI is InChI=1S/C17H30O/c1-3-4-14-5-9-16(10-6-14)17-11-7-15(8-12-17)13-18-2/h3-4,14-17H,5-13H2,1-2H3/b4-3+/t14-,15?,16-,17?. The zero-order valence-electron chi connectivity index (χ0n) is 12.2. The fraction of sp³-hybridized carbons (Fsp3) is 0.882. The second kappa shape index (κ2) is 7.33. The largest absolute Gasteiger partial charge is 0.384 e. The van der Waals surface area contributed by atoms with E-state index < -0.39 is 0 Å². The summed E-state index contributed by atoms with van der Waals surface area (Å²) in [6, 6.07) is 0. The first-order valence-corrected chi connectivity index (χ1v) is 7.95.